The summed E-state index contributed by atoms with van der Waals surface area (Å²) in [7, 11) is 0. The maximum atomic E-state index is 12.4. The van der Waals surface area contributed by atoms with Crippen LogP contribution in [0, 0.1) is 20.8 Å². The number of carbonyl (C=O) groups excluding carboxylic acids is 1. The van der Waals surface area contributed by atoms with Crippen LogP contribution in [0.5, 0.6) is 5.75 Å². The zero-order valence-corrected chi connectivity index (χ0v) is 17.9. The molecule has 30 heavy (non-hydrogen) atoms. The van der Waals surface area contributed by atoms with Gasteiger partial charge in [0.1, 0.15) is 11.6 Å². The second-order valence-corrected chi connectivity index (χ2v) is 7.95. The number of ether oxygens (including phenoxy) is 1. The Morgan fingerprint density at radius 1 is 1.03 bits per heavy atom. The fraction of sp³-hybridized carbons (Fsp3) is 0.174. The molecule has 1 N–H and O–H groups in total. The molecule has 0 saturated carbocycles. The quantitative estimate of drug-likeness (QED) is 0.482. The monoisotopic (exact) mass is 418 g/mol. The third-order valence-corrected chi connectivity index (χ3v) is 5.33. The van der Waals surface area contributed by atoms with Crippen molar-refractivity contribution >= 4 is 23.1 Å². The van der Waals surface area contributed by atoms with Gasteiger partial charge in [0.05, 0.1) is 11.4 Å². The molecule has 0 bridgehead atoms. The Balaban J connectivity index is 1.48. The van der Waals surface area contributed by atoms with Gasteiger partial charge in [-0.15, -0.1) is 11.3 Å². The second-order valence-electron chi connectivity index (χ2n) is 7.11. The van der Waals surface area contributed by atoms with Gasteiger partial charge in [-0.2, -0.15) is 9.78 Å². The summed E-state index contributed by atoms with van der Waals surface area (Å²) < 4.78 is 7.22. The molecule has 1 amide bonds. The van der Waals surface area contributed by atoms with E-state index >= 15 is 0 Å². The summed E-state index contributed by atoms with van der Waals surface area (Å²) in [6, 6.07) is 17.6. The molecule has 0 aliphatic heterocycles. The topological polar surface area (TPSA) is 69.0 Å². The highest BCUT2D eigenvalue weighted by molar-refractivity contribution is 7.12. The summed E-state index contributed by atoms with van der Waals surface area (Å²) in [4.78, 5) is 17.1. The summed E-state index contributed by atoms with van der Waals surface area (Å²) in [6.07, 6.45) is 0. The minimum atomic E-state index is -0.257. The molecule has 0 spiro atoms. The summed E-state index contributed by atoms with van der Waals surface area (Å²) in [5, 5.41) is 10.0. The van der Waals surface area contributed by atoms with Crippen molar-refractivity contribution in [3.8, 4) is 22.1 Å². The second kappa shape index (κ2) is 8.51. The number of nitrogens with one attached hydrogen (secondary N) is 1. The van der Waals surface area contributed by atoms with Crippen molar-refractivity contribution in [3.05, 3.63) is 76.8 Å². The Bertz CT molecular complexity index is 1160. The molecule has 2 aromatic carbocycles. The van der Waals surface area contributed by atoms with Gasteiger partial charge in [0.15, 0.2) is 6.61 Å². The zero-order chi connectivity index (χ0) is 21.1. The molecule has 4 rings (SSSR count). The van der Waals surface area contributed by atoms with Crippen LogP contribution >= 0.6 is 11.3 Å². The molecule has 4 aromatic rings. The number of rotatable bonds is 6. The van der Waals surface area contributed by atoms with Crippen LogP contribution < -0.4 is 10.1 Å². The Labute approximate surface area is 179 Å². The Morgan fingerprint density at radius 3 is 2.40 bits per heavy atom. The smallest absolute Gasteiger partial charge is 0.263 e. The van der Waals surface area contributed by atoms with Gasteiger partial charge in [0.2, 0.25) is 5.13 Å². The maximum Gasteiger partial charge on any atom is 0.263 e. The van der Waals surface area contributed by atoms with Crippen LogP contribution in [-0.2, 0) is 4.79 Å². The van der Waals surface area contributed by atoms with Crippen LogP contribution in [0.25, 0.3) is 16.4 Å². The highest BCUT2D eigenvalue weighted by Crippen LogP contribution is 2.26. The number of carbonyl (C=O) groups is 1. The van der Waals surface area contributed by atoms with Crippen LogP contribution in [0.2, 0.25) is 0 Å². The first-order valence-electron chi connectivity index (χ1n) is 9.57. The molecule has 0 saturated heterocycles. The van der Waals surface area contributed by atoms with E-state index in [-0.39, 0.29) is 12.5 Å². The largest absolute Gasteiger partial charge is 0.484 e. The van der Waals surface area contributed by atoms with Crippen LogP contribution in [0.4, 0.5) is 5.82 Å². The molecule has 152 valence electrons. The Hall–Kier alpha value is -3.45. The fourth-order valence-electron chi connectivity index (χ4n) is 2.92. The van der Waals surface area contributed by atoms with E-state index in [2.05, 4.69) is 29.5 Å². The number of hydrogen-bond donors (Lipinski definition) is 1. The predicted octanol–water partition coefficient (Wildman–Crippen LogP) is 4.94. The van der Waals surface area contributed by atoms with Crippen LogP contribution in [0.15, 0.2) is 60.0 Å². The van der Waals surface area contributed by atoms with E-state index in [1.165, 1.54) is 16.9 Å². The molecule has 0 radical (unpaired) electrons. The van der Waals surface area contributed by atoms with Gasteiger partial charge in [-0.3, -0.25) is 4.79 Å². The van der Waals surface area contributed by atoms with Gasteiger partial charge >= 0.3 is 0 Å². The molecule has 2 heterocycles. The number of thiazole rings is 1. The van der Waals surface area contributed by atoms with Crippen molar-refractivity contribution in [1.29, 1.82) is 0 Å². The number of amides is 1. The number of hydrogen-bond acceptors (Lipinski definition) is 5. The molecule has 0 fully saturated rings. The summed E-state index contributed by atoms with van der Waals surface area (Å²) in [5.41, 5.74) is 5.05. The van der Waals surface area contributed by atoms with E-state index in [9.17, 15) is 4.79 Å². The number of nitrogens with zero attached hydrogens (tertiary/aromatic N) is 3. The average Bonchev–Trinajstić information content (AvgIpc) is 3.35. The lowest BCUT2D eigenvalue weighted by atomic mass is 10.1. The SMILES string of the molecule is Cc1ccc(OCC(=O)Nc2cc(C)nn2-c2nc(-c3ccc(C)cc3)cs2)cc1. The van der Waals surface area contributed by atoms with Crippen molar-refractivity contribution in [3.63, 3.8) is 0 Å². The molecule has 0 unspecified atom stereocenters. The number of aromatic nitrogens is 3. The normalized spacial score (nSPS) is 10.8. The fourth-order valence-corrected chi connectivity index (χ4v) is 3.71. The lowest BCUT2D eigenvalue weighted by Gasteiger charge is -2.08. The number of anilines is 1. The average molecular weight is 419 g/mol. The predicted molar refractivity (Wildman–Crippen MR) is 119 cm³/mol. The maximum absolute atomic E-state index is 12.4. The highest BCUT2D eigenvalue weighted by atomic mass is 32.1. The van der Waals surface area contributed by atoms with Gasteiger partial charge < -0.3 is 10.1 Å². The zero-order valence-electron chi connectivity index (χ0n) is 17.0. The molecule has 0 aliphatic rings. The van der Waals surface area contributed by atoms with Gasteiger partial charge in [-0.25, -0.2) is 4.98 Å². The van der Waals surface area contributed by atoms with Gasteiger partial charge in [-0.05, 0) is 32.9 Å². The van der Waals surface area contributed by atoms with E-state index in [4.69, 9.17) is 9.72 Å². The minimum absolute atomic E-state index is 0.0836. The molecule has 6 nitrogen and oxygen atoms in total. The van der Waals surface area contributed by atoms with E-state index in [0.717, 1.165) is 22.5 Å². The van der Waals surface area contributed by atoms with Gasteiger partial charge in [0.25, 0.3) is 5.91 Å². The van der Waals surface area contributed by atoms with Crippen LogP contribution in [0.1, 0.15) is 16.8 Å². The lowest BCUT2D eigenvalue weighted by molar-refractivity contribution is -0.118. The molecular weight excluding hydrogens is 396 g/mol. The first-order valence-corrected chi connectivity index (χ1v) is 10.4. The molecule has 2 aromatic heterocycles. The van der Waals surface area contributed by atoms with Gasteiger partial charge in [0, 0.05) is 17.0 Å². The third kappa shape index (κ3) is 4.58. The lowest BCUT2D eigenvalue weighted by Crippen LogP contribution is -2.21. The van der Waals surface area contributed by atoms with E-state index in [1.807, 2.05) is 61.7 Å². The number of aryl methyl sites for hydroxylation is 3. The first kappa shape index (κ1) is 19.8. The van der Waals surface area contributed by atoms with Crippen molar-refractivity contribution < 1.29 is 9.53 Å². The van der Waals surface area contributed by atoms with Gasteiger partial charge in [-0.1, -0.05) is 47.5 Å². The van der Waals surface area contributed by atoms with E-state index in [1.54, 1.807) is 4.68 Å². The molecular formula is C23H22N4O2S. The van der Waals surface area contributed by atoms with Crippen molar-refractivity contribution in [1.82, 2.24) is 14.8 Å². The van der Waals surface area contributed by atoms with Crippen LogP contribution in [-0.4, -0.2) is 27.3 Å². The molecule has 7 heteroatoms. The summed E-state index contributed by atoms with van der Waals surface area (Å²) in [6.45, 7) is 5.85. The van der Waals surface area contributed by atoms with Crippen LogP contribution in [0.3, 0.4) is 0 Å². The first-order chi connectivity index (χ1) is 14.5. The summed E-state index contributed by atoms with van der Waals surface area (Å²) in [5.74, 6) is 0.963. The molecule has 0 aliphatic carbocycles. The Morgan fingerprint density at radius 2 is 1.70 bits per heavy atom. The minimum Gasteiger partial charge on any atom is -0.484 e. The molecule has 0 atom stereocenters. The highest BCUT2D eigenvalue weighted by Gasteiger charge is 2.15. The van der Waals surface area contributed by atoms with Crippen molar-refractivity contribution in [2.45, 2.75) is 20.8 Å². The Kier molecular flexibility index (Phi) is 5.63. The van der Waals surface area contributed by atoms with Crippen molar-refractivity contribution in [2.75, 3.05) is 11.9 Å². The summed E-state index contributed by atoms with van der Waals surface area (Å²) >= 11 is 1.47. The van der Waals surface area contributed by atoms with E-state index < -0.39 is 0 Å². The third-order valence-electron chi connectivity index (χ3n) is 4.51. The standard InChI is InChI=1S/C23H22N4O2S/c1-15-4-8-18(9-5-15)20-14-30-23(24-20)27-21(12-17(3)26-27)25-22(28)13-29-19-10-6-16(2)7-11-19/h4-12,14H,13H2,1-3H3,(H,25,28). The number of benzene rings is 2. The van der Waals surface area contributed by atoms with E-state index in [0.29, 0.717) is 16.7 Å². The van der Waals surface area contributed by atoms with Crippen molar-refractivity contribution in [2.24, 2.45) is 0 Å².